The zero-order chi connectivity index (χ0) is 10.3. The Bertz CT molecular complexity index is 511. The maximum Gasteiger partial charge on any atom is 0.336 e. The van der Waals surface area contributed by atoms with Crippen LogP contribution < -0.4 is 0 Å². The highest BCUT2D eigenvalue weighted by atomic mass is 32.1. The molecule has 1 aromatic heterocycles. The minimum Gasteiger partial charge on any atom is -0.478 e. The Morgan fingerprint density at radius 3 is 2.79 bits per heavy atom. The molecular formula is C11H10O2S. The largest absolute Gasteiger partial charge is 0.478 e. The molecule has 0 aliphatic heterocycles. The number of carboxylic acid groups (broad SMARTS) is 1. The predicted molar refractivity (Wildman–Crippen MR) is 58.3 cm³/mol. The molecule has 0 aliphatic rings. The second-order valence-electron chi connectivity index (χ2n) is 3.34. The van der Waals surface area contributed by atoms with Crippen LogP contribution in [0.2, 0.25) is 0 Å². The Balaban J connectivity index is 2.89. The number of benzene rings is 1. The fourth-order valence-corrected chi connectivity index (χ4v) is 2.67. The Hall–Kier alpha value is -1.35. The van der Waals surface area contributed by atoms with Gasteiger partial charge in [0.15, 0.2) is 0 Å². The number of rotatable bonds is 1. The van der Waals surface area contributed by atoms with E-state index in [9.17, 15) is 4.79 Å². The molecule has 0 saturated carbocycles. The van der Waals surface area contributed by atoms with Gasteiger partial charge in [-0.25, -0.2) is 4.79 Å². The summed E-state index contributed by atoms with van der Waals surface area (Å²) >= 11 is 1.59. The lowest BCUT2D eigenvalue weighted by atomic mass is 10.0. The van der Waals surface area contributed by atoms with Crippen molar-refractivity contribution in [2.75, 3.05) is 0 Å². The highest BCUT2D eigenvalue weighted by Crippen LogP contribution is 2.29. The van der Waals surface area contributed by atoms with Crippen LogP contribution in [0.5, 0.6) is 0 Å². The Morgan fingerprint density at radius 2 is 2.14 bits per heavy atom. The third-order valence-electron chi connectivity index (χ3n) is 2.39. The van der Waals surface area contributed by atoms with E-state index in [1.807, 2.05) is 31.4 Å². The molecule has 2 aromatic rings. The molecule has 0 atom stereocenters. The number of thiophene rings is 1. The van der Waals surface area contributed by atoms with E-state index in [-0.39, 0.29) is 0 Å². The van der Waals surface area contributed by atoms with Crippen molar-refractivity contribution in [2.24, 2.45) is 0 Å². The molecule has 0 fully saturated rings. The minimum atomic E-state index is -0.838. The first-order valence-corrected chi connectivity index (χ1v) is 5.20. The number of carbonyl (C=O) groups is 1. The van der Waals surface area contributed by atoms with Gasteiger partial charge < -0.3 is 5.11 Å². The van der Waals surface area contributed by atoms with Gasteiger partial charge in [-0.15, -0.1) is 11.3 Å². The van der Waals surface area contributed by atoms with Crippen LogP contribution >= 0.6 is 11.3 Å². The molecular weight excluding hydrogens is 196 g/mol. The highest BCUT2D eigenvalue weighted by molar-refractivity contribution is 7.17. The van der Waals surface area contributed by atoms with E-state index in [4.69, 9.17) is 5.11 Å². The Kier molecular flexibility index (Phi) is 2.04. The van der Waals surface area contributed by atoms with E-state index < -0.39 is 5.97 Å². The quantitative estimate of drug-likeness (QED) is 0.777. The second kappa shape index (κ2) is 3.10. The van der Waals surface area contributed by atoms with Crippen molar-refractivity contribution in [3.8, 4) is 0 Å². The third-order valence-corrected chi connectivity index (χ3v) is 3.44. The molecule has 0 bridgehead atoms. The second-order valence-corrected chi connectivity index (χ2v) is 4.25. The maximum absolute atomic E-state index is 11.0. The van der Waals surface area contributed by atoms with E-state index in [0.717, 1.165) is 21.2 Å². The van der Waals surface area contributed by atoms with Crippen molar-refractivity contribution in [1.29, 1.82) is 0 Å². The van der Waals surface area contributed by atoms with Crippen molar-refractivity contribution < 1.29 is 9.90 Å². The summed E-state index contributed by atoms with van der Waals surface area (Å²) in [6, 6.07) is 3.95. The highest BCUT2D eigenvalue weighted by Gasteiger charge is 2.13. The van der Waals surface area contributed by atoms with Gasteiger partial charge in [-0.1, -0.05) is 0 Å². The topological polar surface area (TPSA) is 37.3 Å². The number of carboxylic acids is 1. The van der Waals surface area contributed by atoms with Crippen LogP contribution in [0.3, 0.4) is 0 Å². The molecule has 0 aliphatic carbocycles. The summed E-state index contributed by atoms with van der Waals surface area (Å²) in [6.07, 6.45) is 0. The van der Waals surface area contributed by atoms with Crippen LogP contribution in [0, 0.1) is 13.8 Å². The summed E-state index contributed by atoms with van der Waals surface area (Å²) in [4.78, 5) is 11.0. The zero-order valence-corrected chi connectivity index (χ0v) is 8.81. The van der Waals surface area contributed by atoms with Crippen molar-refractivity contribution >= 4 is 27.4 Å². The van der Waals surface area contributed by atoms with Crippen molar-refractivity contribution in [2.45, 2.75) is 13.8 Å². The number of aryl methyl sites for hydroxylation is 2. The van der Waals surface area contributed by atoms with Gasteiger partial charge >= 0.3 is 5.97 Å². The fourth-order valence-electron chi connectivity index (χ4n) is 1.78. The summed E-state index contributed by atoms with van der Waals surface area (Å²) in [5, 5.41) is 12.2. The molecule has 1 N–H and O–H groups in total. The summed E-state index contributed by atoms with van der Waals surface area (Å²) in [5.41, 5.74) is 2.16. The minimum absolute atomic E-state index is 0.444. The van der Waals surface area contributed by atoms with Gasteiger partial charge in [-0.3, -0.25) is 0 Å². The molecule has 3 heteroatoms. The SMILES string of the molecule is Cc1cc2ccsc2c(C)c1C(=O)O. The average molecular weight is 206 g/mol. The smallest absolute Gasteiger partial charge is 0.336 e. The van der Waals surface area contributed by atoms with Gasteiger partial charge in [0, 0.05) is 4.70 Å². The molecule has 2 rings (SSSR count). The summed E-state index contributed by atoms with van der Waals surface area (Å²) in [7, 11) is 0. The molecule has 0 spiro atoms. The lowest BCUT2D eigenvalue weighted by Crippen LogP contribution is -2.02. The van der Waals surface area contributed by atoms with Crippen LogP contribution in [0.4, 0.5) is 0 Å². The standard InChI is InChI=1S/C11H10O2S/c1-6-5-8-3-4-14-10(8)7(2)9(6)11(12)13/h3-5H,1-2H3,(H,12,13). The summed E-state index contributed by atoms with van der Waals surface area (Å²) < 4.78 is 1.08. The molecule has 72 valence electrons. The normalized spacial score (nSPS) is 10.7. The monoisotopic (exact) mass is 206 g/mol. The van der Waals surface area contributed by atoms with E-state index in [0.29, 0.717) is 5.56 Å². The van der Waals surface area contributed by atoms with Crippen LogP contribution in [-0.2, 0) is 0 Å². The van der Waals surface area contributed by atoms with Crippen molar-refractivity contribution in [1.82, 2.24) is 0 Å². The van der Waals surface area contributed by atoms with E-state index in [1.54, 1.807) is 11.3 Å². The third kappa shape index (κ3) is 1.21. The number of hydrogen-bond donors (Lipinski definition) is 1. The average Bonchev–Trinajstić information content (AvgIpc) is 2.50. The van der Waals surface area contributed by atoms with E-state index in [2.05, 4.69) is 0 Å². The van der Waals surface area contributed by atoms with Gasteiger partial charge in [0.05, 0.1) is 5.56 Å². The summed E-state index contributed by atoms with van der Waals surface area (Å²) in [6.45, 7) is 3.71. The molecule has 1 heterocycles. The van der Waals surface area contributed by atoms with Crippen LogP contribution in [-0.4, -0.2) is 11.1 Å². The number of fused-ring (bicyclic) bond motifs is 1. The first-order valence-electron chi connectivity index (χ1n) is 4.32. The molecule has 0 radical (unpaired) electrons. The van der Waals surface area contributed by atoms with E-state index in [1.165, 1.54) is 0 Å². The van der Waals surface area contributed by atoms with Gasteiger partial charge in [0.25, 0.3) is 0 Å². The van der Waals surface area contributed by atoms with Gasteiger partial charge in [-0.05, 0) is 47.9 Å². The first-order chi connectivity index (χ1) is 6.61. The molecule has 0 saturated heterocycles. The molecule has 14 heavy (non-hydrogen) atoms. The lowest BCUT2D eigenvalue weighted by Gasteiger charge is -2.05. The van der Waals surface area contributed by atoms with Crippen molar-refractivity contribution in [3.05, 3.63) is 34.2 Å². The number of aromatic carboxylic acids is 1. The summed E-state index contributed by atoms with van der Waals surface area (Å²) in [5.74, 6) is -0.838. The first kappa shape index (κ1) is 9.21. The molecule has 0 unspecified atom stereocenters. The maximum atomic E-state index is 11.0. The molecule has 1 aromatic carbocycles. The predicted octanol–water partition coefficient (Wildman–Crippen LogP) is 3.22. The van der Waals surface area contributed by atoms with Crippen LogP contribution in [0.25, 0.3) is 10.1 Å². The lowest BCUT2D eigenvalue weighted by molar-refractivity contribution is 0.0695. The van der Waals surface area contributed by atoms with Gasteiger partial charge in [0.1, 0.15) is 0 Å². The van der Waals surface area contributed by atoms with Crippen LogP contribution in [0.15, 0.2) is 17.5 Å². The molecule has 2 nitrogen and oxygen atoms in total. The van der Waals surface area contributed by atoms with Crippen molar-refractivity contribution in [3.63, 3.8) is 0 Å². The molecule has 0 amide bonds. The Morgan fingerprint density at radius 1 is 1.43 bits per heavy atom. The van der Waals surface area contributed by atoms with E-state index >= 15 is 0 Å². The Labute approximate surface area is 85.8 Å². The van der Waals surface area contributed by atoms with Gasteiger partial charge in [0.2, 0.25) is 0 Å². The number of hydrogen-bond acceptors (Lipinski definition) is 2. The fraction of sp³-hybridized carbons (Fsp3) is 0.182. The van der Waals surface area contributed by atoms with Crippen LogP contribution in [0.1, 0.15) is 21.5 Å². The zero-order valence-electron chi connectivity index (χ0n) is 8.00. The van der Waals surface area contributed by atoms with Gasteiger partial charge in [-0.2, -0.15) is 0 Å².